The molecule has 0 aliphatic carbocycles. The van der Waals surface area contributed by atoms with Crippen molar-refractivity contribution < 1.29 is 9.66 Å². The number of nitrogens with one attached hydrogen (secondary N) is 1. The maximum Gasteiger partial charge on any atom is 0.287 e. The molecule has 0 saturated carbocycles. The highest BCUT2D eigenvalue weighted by molar-refractivity contribution is 5.51. The zero-order valence-corrected chi connectivity index (χ0v) is 10.6. The Morgan fingerprint density at radius 2 is 2.11 bits per heavy atom. The number of benzene rings is 1. The largest absolute Gasteiger partial charge is 0.439 e. The molecule has 1 N–H and O–H groups in total. The average molecular weight is 259 g/mol. The van der Waals surface area contributed by atoms with Crippen LogP contribution in [0.15, 0.2) is 36.5 Å². The van der Waals surface area contributed by atoms with Gasteiger partial charge in [-0.2, -0.15) is 0 Å². The molecule has 0 amide bonds. The summed E-state index contributed by atoms with van der Waals surface area (Å²) in [5.41, 5.74) is 1.88. The molecule has 0 aliphatic rings. The van der Waals surface area contributed by atoms with Crippen molar-refractivity contribution in [3.05, 3.63) is 52.2 Å². The van der Waals surface area contributed by atoms with Gasteiger partial charge in [0.2, 0.25) is 5.88 Å². The minimum atomic E-state index is -0.496. The maximum absolute atomic E-state index is 10.5. The molecule has 0 spiro atoms. The molecule has 19 heavy (non-hydrogen) atoms. The van der Waals surface area contributed by atoms with Gasteiger partial charge in [-0.05, 0) is 30.7 Å². The van der Waals surface area contributed by atoms with Crippen molar-refractivity contribution in [2.45, 2.75) is 6.92 Å². The summed E-state index contributed by atoms with van der Waals surface area (Å²) in [7, 11) is 1.84. The summed E-state index contributed by atoms with van der Waals surface area (Å²) in [4.78, 5) is 13.9. The van der Waals surface area contributed by atoms with Crippen molar-refractivity contribution in [2.24, 2.45) is 0 Å². The van der Waals surface area contributed by atoms with Crippen molar-refractivity contribution in [1.29, 1.82) is 0 Å². The average Bonchev–Trinajstić information content (AvgIpc) is 2.41. The monoisotopic (exact) mass is 259 g/mol. The lowest BCUT2D eigenvalue weighted by Crippen LogP contribution is -1.94. The summed E-state index contributed by atoms with van der Waals surface area (Å²) >= 11 is 0. The fourth-order valence-corrected chi connectivity index (χ4v) is 1.57. The van der Waals surface area contributed by atoms with Gasteiger partial charge in [0.15, 0.2) is 0 Å². The van der Waals surface area contributed by atoms with E-state index in [9.17, 15) is 10.1 Å². The van der Waals surface area contributed by atoms with E-state index in [1.165, 1.54) is 18.3 Å². The summed E-state index contributed by atoms with van der Waals surface area (Å²) < 4.78 is 5.58. The number of hydrogen-bond acceptors (Lipinski definition) is 5. The molecule has 0 bridgehead atoms. The van der Waals surface area contributed by atoms with E-state index in [2.05, 4.69) is 10.3 Å². The number of aromatic nitrogens is 1. The second-order valence-electron chi connectivity index (χ2n) is 3.94. The predicted molar refractivity (Wildman–Crippen MR) is 71.7 cm³/mol. The quantitative estimate of drug-likeness (QED) is 0.674. The van der Waals surface area contributed by atoms with Crippen LogP contribution in [-0.4, -0.2) is 17.0 Å². The summed E-state index contributed by atoms with van der Waals surface area (Å²) in [5, 5.41) is 13.5. The van der Waals surface area contributed by atoms with Crippen LogP contribution in [0.3, 0.4) is 0 Å². The number of hydrogen-bond donors (Lipinski definition) is 1. The van der Waals surface area contributed by atoms with Crippen LogP contribution in [0.4, 0.5) is 11.4 Å². The first kappa shape index (κ1) is 12.8. The lowest BCUT2D eigenvalue weighted by atomic mass is 10.2. The van der Waals surface area contributed by atoms with Crippen LogP contribution in [0.1, 0.15) is 5.56 Å². The molecular weight excluding hydrogens is 246 g/mol. The highest BCUT2D eigenvalue weighted by Crippen LogP contribution is 2.26. The van der Waals surface area contributed by atoms with Crippen LogP contribution >= 0.6 is 0 Å². The second-order valence-corrected chi connectivity index (χ2v) is 3.94. The van der Waals surface area contributed by atoms with Gasteiger partial charge in [-0.15, -0.1) is 0 Å². The van der Waals surface area contributed by atoms with E-state index in [0.717, 1.165) is 11.3 Å². The smallest absolute Gasteiger partial charge is 0.287 e. The van der Waals surface area contributed by atoms with E-state index in [1.54, 1.807) is 0 Å². The lowest BCUT2D eigenvalue weighted by molar-refractivity contribution is -0.385. The van der Waals surface area contributed by atoms with E-state index in [4.69, 9.17) is 4.74 Å². The Hall–Kier alpha value is -2.63. The molecule has 2 aromatic rings. The number of rotatable bonds is 4. The van der Waals surface area contributed by atoms with Crippen LogP contribution in [0.2, 0.25) is 0 Å². The third-order valence-electron chi connectivity index (χ3n) is 2.61. The van der Waals surface area contributed by atoms with Gasteiger partial charge >= 0.3 is 0 Å². The third kappa shape index (κ3) is 2.98. The molecule has 98 valence electrons. The minimum Gasteiger partial charge on any atom is -0.439 e. The van der Waals surface area contributed by atoms with Gasteiger partial charge in [-0.1, -0.05) is 0 Å². The van der Waals surface area contributed by atoms with Gasteiger partial charge in [-0.25, -0.2) is 4.98 Å². The van der Waals surface area contributed by atoms with E-state index >= 15 is 0 Å². The minimum absolute atomic E-state index is 0.0606. The fourth-order valence-electron chi connectivity index (χ4n) is 1.57. The zero-order valence-electron chi connectivity index (χ0n) is 10.6. The van der Waals surface area contributed by atoms with Crippen molar-refractivity contribution in [1.82, 2.24) is 4.98 Å². The lowest BCUT2D eigenvalue weighted by Gasteiger charge is -2.09. The standard InChI is InChI=1S/C13H13N3O3/c1-9-7-10(14-2)3-5-12(9)19-13-6-4-11(8-15-13)16(17)18/h3-8,14H,1-2H3. The molecule has 0 atom stereocenters. The summed E-state index contributed by atoms with van der Waals surface area (Å²) in [5.74, 6) is 0.992. The highest BCUT2D eigenvalue weighted by Gasteiger charge is 2.07. The SMILES string of the molecule is CNc1ccc(Oc2ccc([N+](=O)[O-])cn2)c(C)c1. The molecule has 1 heterocycles. The Bertz CT molecular complexity index is 597. The van der Waals surface area contributed by atoms with Gasteiger partial charge in [0.1, 0.15) is 11.9 Å². The fraction of sp³-hybridized carbons (Fsp3) is 0.154. The van der Waals surface area contributed by atoms with E-state index in [0.29, 0.717) is 11.6 Å². The van der Waals surface area contributed by atoms with Gasteiger partial charge < -0.3 is 10.1 Å². The van der Waals surface area contributed by atoms with Crippen molar-refractivity contribution >= 4 is 11.4 Å². The molecule has 0 unspecified atom stereocenters. The molecule has 0 aliphatic heterocycles. The Kier molecular flexibility index (Phi) is 3.61. The maximum atomic E-state index is 10.5. The van der Waals surface area contributed by atoms with Crippen LogP contribution in [0, 0.1) is 17.0 Å². The number of ether oxygens (including phenoxy) is 1. The highest BCUT2D eigenvalue weighted by atomic mass is 16.6. The van der Waals surface area contributed by atoms with Crippen LogP contribution < -0.4 is 10.1 Å². The first-order valence-corrected chi connectivity index (χ1v) is 5.67. The molecule has 0 fully saturated rings. The molecule has 1 aromatic heterocycles. The van der Waals surface area contributed by atoms with Crippen LogP contribution in [0.5, 0.6) is 11.6 Å². The number of pyridine rings is 1. The predicted octanol–water partition coefficient (Wildman–Crippen LogP) is 3.13. The Labute approximate surface area is 110 Å². The van der Waals surface area contributed by atoms with Gasteiger partial charge in [-0.3, -0.25) is 10.1 Å². The summed E-state index contributed by atoms with van der Waals surface area (Å²) in [6.45, 7) is 1.92. The van der Waals surface area contributed by atoms with Crippen LogP contribution in [-0.2, 0) is 0 Å². The Balaban J connectivity index is 2.19. The molecular formula is C13H13N3O3. The van der Waals surface area contributed by atoms with Gasteiger partial charge in [0, 0.05) is 24.9 Å². The normalized spacial score (nSPS) is 10.0. The summed E-state index contributed by atoms with van der Waals surface area (Å²) in [6, 6.07) is 8.49. The third-order valence-corrected chi connectivity index (χ3v) is 2.61. The van der Waals surface area contributed by atoms with E-state index < -0.39 is 4.92 Å². The first-order chi connectivity index (χ1) is 9.10. The van der Waals surface area contributed by atoms with Crippen molar-refractivity contribution in [3.63, 3.8) is 0 Å². The first-order valence-electron chi connectivity index (χ1n) is 5.67. The van der Waals surface area contributed by atoms with Crippen molar-refractivity contribution in [3.8, 4) is 11.6 Å². The molecule has 0 radical (unpaired) electrons. The molecule has 6 heteroatoms. The summed E-state index contributed by atoms with van der Waals surface area (Å²) in [6.07, 6.45) is 1.17. The molecule has 0 saturated heterocycles. The molecule has 2 rings (SSSR count). The second kappa shape index (κ2) is 5.34. The number of nitro groups is 1. The van der Waals surface area contributed by atoms with Gasteiger partial charge in [0.25, 0.3) is 5.69 Å². The molecule has 6 nitrogen and oxygen atoms in total. The van der Waals surface area contributed by atoms with Crippen molar-refractivity contribution in [2.75, 3.05) is 12.4 Å². The van der Waals surface area contributed by atoms with E-state index in [1.807, 2.05) is 32.2 Å². The zero-order chi connectivity index (χ0) is 13.8. The topological polar surface area (TPSA) is 77.3 Å². The van der Waals surface area contributed by atoms with Crippen LogP contribution in [0.25, 0.3) is 0 Å². The van der Waals surface area contributed by atoms with Gasteiger partial charge in [0.05, 0.1) is 4.92 Å². The molecule has 1 aromatic carbocycles. The number of anilines is 1. The Morgan fingerprint density at radius 1 is 1.32 bits per heavy atom. The number of nitrogens with zero attached hydrogens (tertiary/aromatic N) is 2. The van der Waals surface area contributed by atoms with E-state index in [-0.39, 0.29) is 5.69 Å². The Morgan fingerprint density at radius 3 is 2.63 bits per heavy atom. The number of aryl methyl sites for hydroxylation is 1.